The fourth-order valence-electron chi connectivity index (χ4n) is 3.89. The van der Waals surface area contributed by atoms with Gasteiger partial charge in [-0.15, -0.1) is 0 Å². The van der Waals surface area contributed by atoms with Crippen molar-refractivity contribution in [2.75, 3.05) is 7.11 Å². The first-order chi connectivity index (χ1) is 15.1. The molecule has 8 heteroatoms. The summed E-state index contributed by atoms with van der Waals surface area (Å²) < 4.78 is 11.1. The van der Waals surface area contributed by atoms with Crippen LogP contribution in [0.2, 0.25) is 0 Å². The van der Waals surface area contributed by atoms with E-state index in [1.807, 2.05) is 13.8 Å². The summed E-state index contributed by atoms with van der Waals surface area (Å²) in [6, 6.07) is -1.08. The molecule has 2 amide bonds. The van der Waals surface area contributed by atoms with Crippen LogP contribution in [-0.2, 0) is 23.9 Å². The molecule has 1 fully saturated rings. The van der Waals surface area contributed by atoms with Crippen LogP contribution in [0.15, 0.2) is 36.5 Å². The second-order valence-electron chi connectivity index (χ2n) is 8.62. The first kappa shape index (κ1) is 27.6. The Kier molecular flexibility index (Phi) is 11.4. The Balaban J connectivity index is 3.31. The summed E-state index contributed by atoms with van der Waals surface area (Å²) in [5.41, 5.74) is 0.442. The molecule has 1 unspecified atom stereocenters. The first-order valence-electron chi connectivity index (χ1n) is 11.1. The summed E-state index contributed by atoms with van der Waals surface area (Å²) in [5, 5.41) is 12.0. The van der Waals surface area contributed by atoms with E-state index in [4.69, 9.17) is 9.47 Å². The largest absolute Gasteiger partial charge is 0.461 e. The van der Waals surface area contributed by atoms with Crippen LogP contribution in [0, 0.1) is 11.8 Å². The summed E-state index contributed by atoms with van der Waals surface area (Å²) in [6.45, 7) is 10.7. The number of allylic oxidation sites excluding steroid dienone is 3. The minimum Gasteiger partial charge on any atom is -0.461 e. The highest BCUT2D eigenvalue weighted by Gasteiger charge is 2.47. The molecule has 0 aromatic carbocycles. The van der Waals surface area contributed by atoms with Crippen molar-refractivity contribution in [2.45, 2.75) is 77.5 Å². The SMILES string of the molecule is C=C/C=C(\C=C/C)C(NC(=O)[C@H](CC(C)C)[C@](C)(OC)C(=O)NO)C(=O)OC1CCCC1. The van der Waals surface area contributed by atoms with Crippen molar-refractivity contribution < 1.29 is 29.1 Å². The zero-order chi connectivity index (χ0) is 24.3. The number of nitrogens with one attached hydrogen (secondary N) is 2. The second kappa shape index (κ2) is 13.2. The van der Waals surface area contributed by atoms with Crippen LogP contribution < -0.4 is 10.8 Å². The Morgan fingerprint density at radius 2 is 1.88 bits per heavy atom. The third-order valence-electron chi connectivity index (χ3n) is 5.78. The summed E-state index contributed by atoms with van der Waals surface area (Å²) in [7, 11) is 1.30. The highest BCUT2D eigenvalue weighted by atomic mass is 16.5. The van der Waals surface area contributed by atoms with Gasteiger partial charge in [-0.05, 0) is 57.4 Å². The van der Waals surface area contributed by atoms with Gasteiger partial charge >= 0.3 is 5.97 Å². The fraction of sp³-hybridized carbons (Fsp3) is 0.625. The van der Waals surface area contributed by atoms with Crippen LogP contribution in [0.25, 0.3) is 0 Å². The van der Waals surface area contributed by atoms with Crippen LogP contribution >= 0.6 is 0 Å². The van der Waals surface area contributed by atoms with Crippen molar-refractivity contribution in [2.24, 2.45) is 11.8 Å². The lowest BCUT2D eigenvalue weighted by Gasteiger charge is -2.35. The Bertz CT molecular complexity index is 724. The fourth-order valence-corrected chi connectivity index (χ4v) is 3.89. The minimum absolute atomic E-state index is 0.0364. The Labute approximate surface area is 191 Å². The zero-order valence-corrected chi connectivity index (χ0v) is 19.8. The average Bonchev–Trinajstić information content (AvgIpc) is 3.27. The summed E-state index contributed by atoms with van der Waals surface area (Å²) in [4.78, 5) is 38.9. The minimum atomic E-state index is -1.65. The molecule has 32 heavy (non-hydrogen) atoms. The van der Waals surface area contributed by atoms with Crippen molar-refractivity contribution in [3.05, 3.63) is 36.5 Å². The lowest BCUT2D eigenvalue weighted by Crippen LogP contribution is -2.57. The van der Waals surface area contributed by atoms with Crippen molar-refractivity contribution >= 4 is 17.8 Å². The molecule has 3 N–H and O–H groups in total. The molecular weight excluding hydrogens is 412 g/mol. The Morgan fingerprint density at radius 1 is 1.25 bits per heavy atom. The van der Waals surface area contributed by atoms with E-state index in [2.05, 4.69) is 11.9 Å². The molecule has 1 aliphatic carbocycles. The maximum absolute atomic E-state index is 13.4. The van der Waals surface area contributed by atoms with Crippen LogP contribution in [0.3, 0.4) is 0 Å². The van der Waals surface area contributed by atoms with E-state index >= 15 is 0 Å². The molecule has 0 heterocycles. The van der Waals surface area contributed by atoms with Crippen molar-refractivity contribution in [1.29, 1.82) is 0 Å². The number of rotatable bonds is 12. The van der Waals surface area contributed by atoms with Crippen LogP contribution in [0.5, 0.6) is 0 Å². The number of hydroxylamine groups is 1. The molecule has 0 saturated heterocycles. The predicted octanol–water partition coefficient (Wildman–Crippen LogP) is 3.22. The van der Waals surface area contributed by atoms with Crippen molar-refractivity contribution in [3.63, 3.8) is 0 Å². The van der Waals surface area contributed by atoms with Gasteiger partial charge in [0, 0.05) is 7.11 Å². The standard InChI is InChI=1S/C24H38N2O6/c1-7-11-17(12-8-2)20(22(28)32-18-13-9-10-14-18)25-21(27)19(15-16(3)4)24(5,31-6)23(29)26-30/h7-8,11-12,16,18-20,30H,1,9-10,13-15H2,2-6H3,(H,25,27)(H,26,29)/b12-8-,17-11+/t19-,20?,24-/m0/s1. The van der Waals surface area contributed by atoms with Gasteiger partial charge in [0.25, 0.3) is 5.91 Å². The Morgan fingerprint density at radius 3 is 2.34 bits per heavy atom. The monoisotopic (exact) mass is 450 g/mol. The quantitative estimate of drug-likeness (QED) is 0.182. The molecule has 0 bridgehead atoms. The molecule has 0 aliphatic heterocycles. The van der Waals surface area contributed by atoms with E-state index in [9.17, 15) is 19.6 Å². The molecule has 180 valence electrons. The molecule has 1 aliphatic rings. The lowest BCUT2D eigenvalue weighted by molar-refractivity contribution is -0.164. The molecule has 8 nitrogen and oxygen atoms in total. The van der Waals surface area contributed by atoms with E-state index in [1.165, 1.54) is 20.1 Å². The molecule has 3 atom stereocenters. The molecular formula is C24H38N2O6. The van der Waals surface area contributed by atoms with Crippen molar-refractivity contribution in [1.82, 2.24) is 10.8 Å². The number of ether oxygens (including phenoxy) is 2. The van der Waals surface area contributed by atoms with Crippen molar-refractivity contribution in [3.8, 4) is 0 Å². The normalized spacial score (nSPS) is 18.8. The van der Waals surface area contributed by atoms with Gasteiger partial charge in [-0.1, -0.05) is 44.7 Å². The zero-order valence-electron chi connectivity index (χ0n) is 19.8. The number of carbonyl (C=O) groups excluding carboxylic acids is 3. The molecule has 1 rings (SSSR count). The Hall–Kier alpha value is -2.45. The van der Waals surface area contributed by atoms with E-state index in [-0.39, 0.29) is 18.4 Å². The van der Waals surface area contributed by atoms with E-state index in [1.54, 1.807) is 30.6 Å². The number of carbonyl (C=O) groups is 3. The third kappa shape index (κ3) is 7.31. The van der Waals surface area contributed by atoms with Gasteiger partial charge in [-0.2, -0.15) is 0 Å². The summed E-state index contributed by atoms with van der Waals surface area (Å²) >= 11 is 0. The van der Waals surface area contributed by atoms with E-state index < -0.39 is 35.3 Å². The summed E-state index contributed by atoms with van der Waals surface area (Å²) in [6.07, 6.45) is 10.3. The lowest BCUT2D eigenvalue weighted by atomic mass is 9.81. The van der Waals surface area contributed by atoms with Gasteiger partial charge in [0.1, 0.15) is 6.10 Å². The predicted molar refractivity (Wildman–Crippen MR) is 122 cm³/mol. The molecule has 0 spiro atoms. The van der Waals surface area contributed by atoms with Crippen LogP contribution in [0.1, 0.15) is 59.8 Å². The third-order valence-corrected chi connectivity index (χ3v) is 5.78. The highest BCUT2D eigenvalue weighted by Crippen LogP contribution is 2.29. The maximum atomic E-state index is 13.4. The van der Waals surface area contributed by atoms with Gasteiger partial charge < -0.3 is 14.8 Å². The van der Waals surface area contributed by atoms with Crippen LogP contribution in [0.4, 0.5) is 0 Å². The van der Waals surface area contributed by atoms with Gasteiger partial charge in [-0.25, -0.2) is 10.3 Å². The number of methoxy groups -OCH3 is 1. The number of hydrogen-bond donors (Lipinski definition) is 3. The highest BCUT2D eigenvalue weighted by molar-refractivity contribution is 5.94. The summed E-state index contributed by atoms with van der Waals surface area (Å²) in [5.74, 6) is -2.91. The van der Waals surface area contributed by atoms with Gasteiger partial charge in [0.2, 0.25) is 5.91 Å². The van der Waals surface area contributed by atoms with E-state index in [0.29, 0.717) is 5.57 Å². The number of esters is 1. The smallest absolute Gasteiger partial charge is 0.333 e. The van der Waals surface area contributed by atoms with Gasteiger partial charge in [-0.3, -0.25) is 14.8 Å². The van der Waals surface area contributed by atoms with E-state index in [0.717, 1.165) is 25.7 Å². The second-order valence-corrected chi connectivity index (χ2v) is 8.62. The average molecular weight is 451 g/mol. The number of hydrogen-bond acceptors (Lipinski definition) is 6. The molecule has 0 aromatic rings. The van der Waals surface area contributed by atoms with Gasteiger partial charge in [0.15, 0.2) is 11.6 Å². The van der Waals surface area contributed by atoms with Gasteiger partial charge in [0.05, 0.1) is 5.92 Å². The van der Waals surface area contributed by atoms with Crippen LogP contribution in [-0.4, -0.2) is 47.8 Å². The maximum Gasteiger partial charge on any atom is 0.333 e. The topological polar surface area (TPSA) is 114 Å². The molecule has 1 saturated carbocycles. The molecule has 0 aromatic heterocycles. The first-order valence-corrected chi connectivity index (χ1v) is 11.1. The molecule has 0 radical (unpaired) electrons. The number of amides is 2.